The van der Waals surface area contributed by atoms with Gasteiger partial charge in [-0.05, 0) is 61.3 Å². The highest BCUT2D eigenvalue weighted by molar-refractivity contribution is 6.00. The van der Waals surface area contributed by atoms with Gasteiger partial charge in [-0.3, -0.25) is 9.59 Å². The summed E-state index contributed by atoms with van der Waals surface area (Å²) in [5.74, 6) is -1.77. The van der Waals surface area contributed by atoms with Gasteiger partial charge in [0.05, 0.1) is 32.0 Å². The Balaban J connectivity index is 1.85. The first-order chi connectivity index (χ1) is 13.5. The lowest BCUT2D eigenvalue weighted by Crippen LogP contribution is -2.65. The molecule has 7 atom stereocenters. The van der Waals surface area contributed by atoms with Gasteiger partial charge in [0, 0.05) is 11.8 Å². The number of hydrogen-bond donors (Lipinski definition) is 3. The van der Waals surface area contributed by atoms with Crippen LogP contribution in [0.2, 0.25) is 0 Å². The van der Waals surface area contributed by atoms with Crippen molar-refractivity contribution in [2.45, 2.75) is 69.7 Å². The Labute approximate surface area is 171 Å². The van der Waals surface area contributed by atoms with Crippen LogP contribution in [-0.4, -0.2) is 59.3 Å². The lowest BCUT2D eigenvalue weighted by molar-refractivity contribution is -0.222. The second-order valence-corrected chi connectivity index (χ2v) is 10.1. The first-order valence-electron chi connectivity index (χ1n) is 10.5. The van der Waals surface area contributed by atoms with Crippen LogP contribution in [0.4, 0.5) is 0 Å². The summed E-state index contributed by atoms with van der Waals surface area (Å²) < 4.78 is 10.1. The maximum Gasteiger partial charge on any atom is 0.323 e. The molecule has 0 aromatic heterocycles. The van der Waals surface area contributed by atoms with Crippen molar-refractivity contribution in [2.75, 3.05) is 14.2 Å². The summed E-state index contributed by atoms with van der Waals surface area (Å²) in [7, 11) is 2.50. The highest BCUT2D eigenvalue weighted by Gasteiger charge is 2.73. The zero-order valence-corrected chi connectivity index (χ0v) is 17.4. The van der Waals surface area contributed by atoms with Crippen LogP contribution in [0.3, 0.4) is 0 Å². The molecule has 0 aliphatic heterocycles. The van der Waals surface area contributed by atoms with E-state index in [0.717, 1.165) is 0 Å². The van der Waals surface area contributed by atoms with Gasteiger partial charge in [-0.25, -0.2) is 0 Å². The van der Waals surface area contributed by atoms with Crippen LogP contribution < -0.4 is 0 Å². The van der Waals surface area contributed by atoms with Crippen molar-refractivity contribution in [3.8, 4) is 0 Å². The van der Waals surface area contributed by atoms with Crippen molar-refractivity contribution in [1.29, 1.82) is 0 Å². The molecule has 0 radical (unpaired) electrons. The van der Waals surface area contributed by atoms with E-state index in [4.69, 9.17) is 9.47 Å². The molecule has 0 saturated heterocycles. The molecular formula is C22H32O7. The van der Waals surface area contributed by atoms with E-state index in [9.17, 15) is 24.9 Å². The average molecular weight is 408 g/mol. The van der Waals surface area contributed by atoms with Crippen LogP contribution in [0.1, 0.15) is 51.9 Å². The Morgan fingerprint density at radius 2 is 1.62 bits per heavy atom. The van der Waals surface area contributed by atoms with Crippen molar-refractivity contribution >= 4 is 11.9 Å². The zero-order chi connectivity index (χ0) is 21.4. The van der Waals surface area contributed by atoms with Crippen LogP contribution in [0.25, 0.3) is 0 Å². The molecule has 162 valence electrons. The minimum Gasteiger partial charge on any atom is -0.468 e. The third-order valence-corrected chi connectivity index (χ3v) is 9.05. The summed E-state index contributed by atoms with van der Waals surface area (Å²) in [5, 5.41) is 33.0. The molecule has 0 aromatic rings. The lowest BCUT2D eigenvalue weighted by Gasteiger charge is -2.64. The maximum atomic E-state index is 13.0. The van der Waals surface area contributed by atoms with Crippen LogP contribution in [0.15, 0.2) is 12.2 Å². The summed E-state index contributed by atoms with van der Waals surface area (Å²) in [5.41, 5.74) is -3.29. The molecule has 4 rings (SSSR count). The summed E-state index contributed by atoms with van der Waals surface area (Å²) >= 11 is 0. The number of aliphatic hydroxyl groups excluding tert-OH is 2. The molecule has 4 saturated carbocycles. The highest BCUT2D eigenvalue weighted by Crippen LogP contribution is 2.73. The number of carbonyl (C=O) groups excluding carboxylic acids is 2. The first kappa shape index (κ1) is 20.8. The van der Waals surface area contributed by atoms with Gasteiger partial charge in [0.2, 0.25) is 0 Å². The number of methoxy groups -OCH3 is 2. The van der Waals surface area contributed by atoms with Gasteiger partial charge in [0.1, 0.15) is 0 Å². The van der Waals surface area contributed by atoms with Crippen molar-refractivity contribution in [3.05, 3.63) is 12.2 Å². The Kier molecular flexibility index (Phi) is 4.51. The Morgan fingerprint density at radius 1 is 1.03 bits per heavy atom. The molecular weight excluding hydrogens is 376 g/mol. The topological polar surface area (TPSA) is 113 Å². The van der Waals surface area contributed by atoms with E-state index < -0.39 is 46.0 Å². The summed E-state index contributed by atoms with van der Waals surface area (Å²) in [6.07, 6.45) is 1.35. The number of rotatable bonds is 2. The summed E-state index contributed by atoms with van der Waals surface area (Å²) in [6.45, 7) is 6.01. The molecule has 29 heavy (non-hydrogen) atoms. The smallest absolute Gasteiger partial charge is 0.323 e. The molecule has 3 N–H and O–H groups in total. The molecule has 4 aliphatic carbocycles. The van der Waals surface area contributed by atoms with E-state index in [1.165, 1.54) is 14.2 Å². The second-order valence-electron chi connectivity index (χ2n) is 10.1. The Bertz CT molecular complexity index is 746. The molecule has 7 nitrogen and oxygen atoms in total. The Hall–Kier alpha value is -1.44. The monoisotopic (exact) mass is 408 g/mol. The molecule has 0 unspecified atom stereocenters. The van der Waals surface area contributed by atoms with Crippen molar-refractivity contribution in [3.63, 3.8) is 0 Å². The van der Waals surface area contributed by atoms with Gasteiger partial charge in [-0.1, -0.05) is 13.5 Å². The fourth-order valence-corrected chi connectivity index (χ4v) is 8.05. The third-order valence-electron chi connectivity index (χ3n) is 9.05. The fourth-order valence-electron chi connectivity index (χ4n) is 8.05. The molecule has 0 amide bonds. The molecule has 4 fully saturated rings. The van der Waals surface area contributed by atoms with Gasteiger partial charge in [0.25, 0.3) is 0 Å². The van der Waals surface area contributed by atoms with Crippen LogP contribution in [0, 0.1) is 28.1 Å². The zero-order valence-electron chi connectivity index (χ0n) is 17.4. The number of esters is 2. The average Bonchev–Trinajstić information content (AvgIpc) is 2.82. The number of fused-ring (bicyclic) bond motifs is 3. The van der Waals surface area contributed by atoms with Crippen molar-refractivity contribution < 1.29 is 34.4 Å². The van der Waals surface area contributed by atoms with E-state index in [-0.39, 0.29) is 18.3 Å². The predicted octanol–water partition coefficient (Wildman–Crippen LogP) is 1.34. The largest absolute Gasteiger partial charge is 0.468 e. The number of aliphatic hydroxyl groups is 3. The number of ether oxygens (including phenoxy) is 2. The standard InChI is InChI=1S/C22H32O7/c1-12-16(24)20-7-5-15-19(2,14(20)6-8-21(12,27)11-20)9-13(23)10-22(15,17(25)28-3)18(26)29-4/h13-16,23-24,27H,1,5-11H2,2-4H3/t13-,14-,15-,16-,19-,20+,21-/m0/s1. The van der Waals surface area contributed by atoms with Gasteiger partial charge < -0.3 is 24.8 Å². The molecule has 2 bridgehead atoms. The molecule has 0 aromatic carbocycles. The van der Waals surface area contributed by atoms with E-state index in [2.05, 4.69) is 6.58 Å². The Morgan fingerprint density at radius 3 is 2.21 bits per heavy atom. The van der Waals surface area contributed by atoms with Crippen molar-refractivity contribution in [1.82, 2.24) is 0 Å². The van der Waals surface area contributed by atoms with Gasteiger partial charge in [-0.15, -0.1) is 0 Å². The molecule has 0 heterocycles. The fraction of sp³-hybridized carbons (Fsp3) is 0.818. The van der Waals surface area contributed by atoms with Gasteiger partial charge in [-0.2, -0.15) is 0 Å². The third kappa shape index (κ3) is 2.35. The van der Waals surface area contributed by atoms with Gasteiger partial charge >= 0.3 is 11.9 Å². The van der Waals surface area contributed by atoms with E-state index >= 15 is 0 Å². The van der Waals surface area contributed by atoms with E-state index in [1.54, 1.807) is 0 Å². The maximum absolute atomic E-state index is 13.0. The van der Waals surface area contributed by atoms with Crippen molar-refractivity contribution in [2.24, 2.45) is 28.1 Å². The second kappa shape index (κ2) is 6.28. The van der Waals surface area contributed by atoms with E-state index in [0.29, 0.717) is 44.1 Å². The van der Waals surface area contributed by atoms with Crippen LogP contribution >= 0.6 is 0 Å². The van der Waals surface area contributed by atoms with Gasteiger partial charge in [0.15, 0.2) is 5.41 Å². The summed E-state index contributed by atoms with van der Waals surface area (Å²) in [6, 6.07) is 0. The molecule has 7 heteroatoms. The number of carbonyl (C=O) groups is 2. The molecule has 1 spiro atoms. The molecule has 4 aliphatic rings. The van der Waals surface area contributed by atoms with Crippen LogP contribution in [-0.2, 0) is 19.1 Å². The predicted molar refractivity (Wildman–Crippen MR) is 102 cm³/mol. The summed E-state index contributed by atoms with van der Waals surface area (Å²) in [4.78, 5) is 26.0. The SMILES string of the molecule is C=C1[C@H](O)[C@@]23CC[C@@H]4C(C(=O)OC)(C(=O)OC)C[C@@H](O)C[C@@]4(C)[C@@H]2CC[C@]1(O)C3. The quantitative estimate of drug-likeness (QED) is 0.359. The highest BCUT2D eigenvalue weighted by atomic mass is 16.5. The normalized spacial score (nSPS) is 47.7. The minimum absolute atomic E-state index is 0.0223. The van der Waals surface area contributed by atoms with E-state index in [1.807, 2.05) is 6.92 Å². The minimum atomic E-state index is -1.56. The number of hydrogen-bond acceptors (Lipinski definition) is 7. The van der Waals surface area contributed by atoms with Crippen LogP contribution in [0.5, 0.6) is 0 Å². The first-order valence-corrected chi connectivity index (χ1v) is 10.5. The lowest BCUT2D eigenvalue weighted by atomic mass is 9.40.